The van der Waals surface area contributed by atoms with Gasteiger partial charge in [-0.25, -0.2) is 15.0 Å². The molecule has 8 aromatic rings. The van der Waals surface area contributed by atoms with Gasteiger partial charge in [0.2, 0.25) is 0 Å². The second-order valence-electron chi connectivity index (χ2n) is 10.7. The lowest BCUT2D eigenvalue weighted by Gasteiger charge is -2.10. The minimum Gasteiger partial charge on any atom is -0.256 e. The van der Waals surface area contributed by atoms with Crippen molar-refractivity contribution >= 4 is 21.5 Å². The minimum atomic E-state index is 0.603. The summed E-state index contributed by atoms with van der Waals surface area (Å²) in [4.78, 5) is 24.4. The Morgan fingerprint density at radius 1 is 0.295 bits per heavy atom. The van der Waals surface area contributed by atoms with Crippen LogP contribution in [-0.4, -0.2) is 24.9 Å². The lowest BCUT2D eigenvalue weighted by molar-refractivity contribution is 1.07. The monoisotopic (exact) mass is 563 g/mol. The van der Waals surface area contributed by atoms with Crippen LogP contribution in [0.4, 0.5) is 0 Å². The molecule has 5 nitrogen and oxygen atoms in total. The van der Waals surface area contributed by atoms with Crippen LogP contribution < -0.4 is 0 Å². The summed E-state index contributed by atoms with van der Waals surface area (Å²) < 4.78 is 0. The van der Waals surface area contributed by atoms with Crippen molar-refractivity contribution in [3.05, 3.63) is 152 Å². The highest BCUT2D eigenvalue weighted by Crippen LogP contribution is 2.30. The third-order valence-corrected chi connectivity index (χ3v) is 7.76. The molecule has 3 heterocycles. The molecule has 0 aliphatic heterocycles. The fraction of sp³-hybridized carbons (Fsp3) is 0. The van der Waals surface area contributed by atoms with Crippen LogP contribution in [0.25, 0.3) is 78.2 Å². The van der Waals surface area contributed by atoms with E-state index in [1.54, 1.807) is 0 Å². The van der Waals surface area contributed by atoms with Crippen LogP contribution in [-0.2, 0) is 0 Å². The Kier molecular flexibility index (Phi) is 6.39. The summed E-state index contributed by atoms with van der Waals surface area (Å²) in [6.07, 6.45) is 3.84. The Balaban J connectivity index is 1.24. The first kappa shape index (κ1) is 25.6. The lowest BCUT2D eigenvalue weighted by Crippen LogP contribution is -2.00. The fourth-order valence-electron chi connectivity index (χ4n) is 5.47. The zero-order valence-electron chi connectivity index (χ0n) is 23.7. The molecule has 0 aliphatic rings. The van der Waals surface area contributed by atoms with Crippen molar-refractivity contribution in [3.63, 3.8) is 0 Å². The number of hydrogen-bond donors (Lipinski definition) is 0. The van der Waals surface area contributed by atoms with Crippen LogP contribution in [0, 0.1) is 0 Å². The molecule has 0 radical (unpaired) electrons. The SMILES string of the molecule is c1ccc(-c2nc(-c3cccc(-c4cc5ccccc5cn4)c3)nc(-c3cccc(-c4cc5ccccc5cn4)c3)n2)cc1. The molecule has 206 valence electrons. The molecule has 0 amide bonds. The molecular weight excluding hydrogens is 538 g/mol. The zero-order chi connectivity index (χ0) is 29.3. The van der Waals surface area contributed by atoms with E-state index in [4.69, 9.17) is 24.9 Å². The molecule has 8 rings (SSSR count). The number of rotatable bonds is 5. The van der Waals surface area contributed by atoms with Crippen molar-refractivity contribution in [2.24, 2.45) is 0 Å². The number of nitrogens with zero attached hydrogens (tertiary/aromatic N) is 5. The van der Waals surface area contributed by atoms with Crippen LogP contribution in [0.1, 0.15) is 0 Å². The summed E-state index contributed by atoms with van der Waals surface area (Å²) in [5.74, 6) is 1.82. The molecule has 0 fully saturated rings. The summed E-state index contributed by atoms with van der Waals surface area (Å²) in [7, 11) is 0. The van der Waals surface area contributed by atoms with Gasteiger partial charge in [0.25, 0.3) is 0 Å². The Hall–Kier alpha value is -6.07. The normalized spacial score (nSPS) is 11.2. The molecule has 0 saturated heterocycles. The van der Waals surface area contributed by atoms with E-state index in [1.807, 2.05) is 91.3 Å². The molecule has 0 bridgehead atoms. The fourth-order valence-corrected chi connectivity index (χ4v) is 5.47. The second kappa shape index (κ2) is 11.0. The Morgan fingerprint density at radius 2 is 0.682 bits per heavy atom. The first-order chi connectivity index (χ1) is 21.8. The molecule has 44 heavy (non-hydrogen) atoms. The van der Waals surface area contributed by atoms with Gasteiger partial charge in [0, 0.05) is 51.0 Å². The molecule has 0 saturated carbocycles. The lowest BCUT2D eigenvalue weighted by atomic mass is 10.0. The van der Waals surface area contributed by atoms with Crippen LogP contribution in [0.3, 0.4) is 0 Å². The molecule has 0 spiro atoms. The standard InChI is InChI=1S/C39H25N5/c1-2-10-26(11-3-1)37-42-38(31-18-8-16-29(20-31)35-22-27-12-4-6-14-33(27)24-40-35)44-39(43-37)32-19-9-17-30(21-32)36-23-28-13-5-7-15-34(28)25-41-36/h1-25H. The van der Waals surface area contributed by atoms with Crippen molar-refractivity contribution < 1.29 is 0 Å². The van der Waals surface area contributed by atoms with Crippen LogP contribution in [0.15, 0.2) is 152 Å². The van der Waals surface area contributed by atoms with E-state index in [9.17, 15) is 0 Å². The van der Waals surface area contributed by atoms with Gasteiger partial charge in [-0.3, -0.25) is 9.97 Å². The van der Waals surface area contributed by atoms with E-state index in [2.05, 4.69) is 60.7 Å². The second-order valence-corrected chi connectivity index (χ2v) is 10.7. The van der Waals surface area contributed by atoms with E-state index in [-0.39, 0.29) is 0 Å². The van der Waals surface area contributed by atoms with E-state index < -0.39 is 0 Å². The topological polar surface area (TPSA) is 64.5 Å². The van der Waals surface area contributed by atoms with Gasteiger partial charge < -0.3 is 0 Å². The largest absolute Gasteiger partial charge is 0.256 e. The molecule has 0 aliphatic carbocycles. The summed E-state index contributed by atoms with van der Waals surface area (Å²) >= 11 is 0. The van der Waals surface area contributed by atoms with E-state index in [0.717, 1.165) is 60.8 Å². The van der Waals surface area contributed by atoms with E-state index in [1.165, 1.54) is 0 Å². The number of pyridine rings is 2. The number of aromatic nitrogens is 5. The first-order valence-electron chi connectivity index (χ1n) is 14.5. The predicted octanol–water partition coefficient (Wildman–Crippen LogP) is 9.30. The highest BCUT2D eigenvalue weighted by atomic mass is 15.0. The average Bonchev–Trinajstić information content (AvgIpc) is 3.11. The Labute approximate surface area is 254 Å². The molecule has 0 N–H and O–H groups in total. The highest BCUT2D eigenvalue weighted by Gasteiger charge is 2.14. The molecule has 5 aromatic carbocycles. The summed E-state index contributed by atoms with van der Waals surface area (Å²) in [6.45, 7) is 0. The molecule has 0 atom stereocenters. The smallest absolute Gasteiger partial charge is 0.164 e. The Morgan fingerprint density at radius 3 is 1.18 bits per heavy atom. The molecule has 0 unspecified atom stereocenters. The van der Waals surface area contributed by atoms with Crippen molar-refractivity contribution in [1.29, 1.82) is 0 Å². The summed E-state index contributed by atoms with van der Waals surface area (Å²) in [5, 5.41) is 4.53. The summed E-state index contributed by atoms with van der Waals surface area (Å²) in [5.41, 5.74) is 6.52. The van der Waals surface area contributed by atoms with Gasteiger partial charge >= 0.3 is 0 Å². The molecule has 3 aromatic heterocycles. The quantitative estimate of drug-likeness (QED) is 0.209. The molecule has 5 heteroatoms. The van der Waals surface area contributed by atoms with Gasteiger partial charge in [0.1, 0.15) is 0 Å². The average molecular weight is 564 g/mol. The van der Waals surface area contributed by atoms with Crippen molar-refractivity contribution in [1.82, 2.24) is 24.9 Å². The van der Waals surface area contributed by atoms with Gasteiger partial charge in [-0.2, -0.15) is 0 Å². The number of benzene rings is 5. The number of hydrogen-bond acceptors (Lipinski definition) is 5. The van der Waals surface area contributed by atoms with Crippen LogP contribution >= 0.6 is 0 Å². The van der Waals surface area contributed by atoms with Crippen molar-refractivity contribution in [2.75, 3.05) is 0 Å². The van der Waals surface area contributed by atoms with Crippen LogP contribution in [0.5, 0.6) is 0 Å². The maximum absolute atomic E-state index is 5.01. The summed E-state index contributed by atoms with van der Waals surface area (Å²) in [6, 6.07) is 47.2. The molecular formula is C39H25N5. The first-order valence-corrected chi connectivity index (χ1v) is 14.5. The highest BCUT2D eigenvalue weighted by molar-refractivity contribution is 5.87. The van der Waals surface area contributed by atoms with E-state index in [0.29, 0.717) is 17.5 Å². The van der Waals surface area contributed by atoms with Crippen molar-refractivity contribution in [2.45, 2.75) is 0 Å². The third-order valence-electron chi connectivity index (χ3n) is 7.76. The zero-order valence-corrected chi connectivity index (χ0v) is 23.7. The van der Waals surface area contributed by atoms with E-state index >= 15 is 0 Å². The Bertz CT molecular complexity index is 2150. The maximum atomic E-state index is 5.01. The third kappa shape index (κ3) is 4.97. The van der Waals surface area contributed by atoms with Gasteiger partial charge in [-0.05, 0) is 35.0 Å². The van der Waals surface area contributed by atoms with Gasteiger partial charge in [-0.1, -0.05) is 115 Å². The predicted molar refractivity (Wildman–Crippen MR) is 178 cm³/mol. The van der Waals surface area contributed by atoms with Gasteiger partial charge in [0.05, 0.1) is 11.4 Å². The maximum Gasteiger partial charge on any atom is 0.164 e. The minimum absolute atomic E-state index is 0.603. The van der Waals surface area contributed by atoms with Gasteiger partial charge in [-0.15, -0.1) is 0 Å². The van der Waals surface area contributed by atoms with Crippen LogP contribution in [0.2, 0.25) is 0 Å². The number of fused-ring (bicyclic) bond motifs is 2. The van der Waals surface area contributed by atoms with Crippen molar-refractivity contribution in [3.8, 4) is 56.7 Å². The van der Waals surface area contributed by atoms with Gasteiger partial charge in [0.15, 0.2) is 17.5 Å².